The molecule has 0 saturated carbocycles. The third-order valence-electron chi connectivity index (χ3n) is 5.75. The van der Waals surface area contributed by atoms with E-state index in [0.717, 1.165) is 21.3 Å². The van der Waals surface area contributed by atoms with E-state index in [0.29, 0.717) is 22.4 Å². The molecule has 33 heavy (non-hydrogen) atoms. The van der Waals surface area contributed by atoms with Crippen molar-refractivity contribution in [2.24, 2.45) is 0 Å². The normalized spacial score (nSPS) is 16.0. The molecular weight excluding hydrogens is 438 g/mol. The Hall–Kier alpha value is -3.71. The number of dihydropyridines is 1. The summed E-state index contributed by atoms with van der Waals surface area (Å²) in [5.74, 6) is -2.18. The summed E-state index contributed by atoms with van der Waals surface area (Å²) in [6.45, 7) is 5.15. The number of rotatable bonds is 6. The van der Waals surface area contributed by atoms with E-state index >= 15 is 0 Å². The third-order valence-corrected chi connectivity index (χ3v) is 6.73. The van der Waals surface area contributed by atoms with Crippen LogP contribution in [-0.2, 0) is 20.9 Å². The number of carbonyl (C=O) groups excluding carboxylic acids is 2. The van der Waals surface area contributed by atoms with Crippen molar-refractivity contribution in [1.82, 2.24) is 5.32 Å². The van der Waals surface area contributed by atoms with Crippen LogP contribution in [-0.4, -0.2) is 22.8 Å². The summed E-state index contributed by atoms with van der Waals surface area (Å²) >= 11 is 1.57. The van der Waals surface area contributed by atoms with Crippen LogP contribution in [0.1, 0.15) is 48.2 Å². The largest absolute Gasteiger partial charge is 0.478 e. The number of fused-ring (bicyclic) bond motifs is 1. The van der Waals surface area contributed by atoms with Crippen LogP contribution >= 0.6 is 11.3 Å². The van der Waals surface area contributed by atoms with Crippen molar-refractivity contribution >= 4 is 39.1 Å². The van der Waals surface area contributed by atoms with Gasteiger partial charge in [-0.1, -0.05) is 30.3 Å². The highest BCUT2D eigenvalue weighted by Crippen LogP contribution is 2.43. The molecule has 2 N–H and O–H groups in total. The van der Waals surface area contributed by atoms with Crippen LogP contribution in [0.5, 0.6) is 0 Å². The first-order valence-corrected chi connectivity index (χ1v) is 11.3. The van der Waals surface area contributed by atoms with Gasteiger partial charge in [0, 0.05) is 27.6 Å². The summed E-state index contributed by atoms with van der Waals surface area (Å²) in [4.78, 5) is 37.0. The minimum atomic E-state index is -1.02. The Labute approximate surface area is 195 Å². The number of carboxylic acids is 1. The lowest BCUT2D eigenvalue weighted by Gasteiger charge is -2.30. The van der Waals surface area contributed by atoms with Gasteiger partial charge in [-0.05, 0) is 60.9 Å². The van der Waals surface area contributed by atoms with Crippen molar-refractivity contribution in [1.29, 1.82) is 0 Å². The highest BCUT2D eigenvalue weighted by Gasteiger charge is 2.37. The number of thiophene rings is 1. The van der Waals surface area contributed by atoms with Crippen LogP contribution in [0.25, 0.3) is 10.1 Å². The van der Waals surface area contributed by atoms with E-state index in [4.69, 9.17) is 9.84 Å². The van der Waals surface area contributed by atoms with Gasteiger partial charge in [0.05, 0.1) is 11.1 Å². The molecule has 4 rings (SSSR count). The van der Waals surface area contributed by atoms with E-state index in [-0.39, 0.29) is 18.0 Å². The molecule has 2 aromatic carbocycles. The minimum Gasteiger partial charge on any atom is -0.478 e. The number of allylic oxidation sites excluding steroid dienone is 3. The molecule has 0 spiro atoms. The Morgan fingerprint density at radius 3 is 2.33 bits per heavy atom. The lowest BCUT2D eigenvalue weighted by Crippen LogP contribution is -2.31. The first-order valence-electron chi connectivity index (χ1n) is 10.4. The first-order chi connectivity index (χ1) is 15.8. The molecule has 0 fully saturated rings. The second kappa shape index (κ2) is 9.03. The minimum absolute atomic E-state index is 0.00921. The molecule has 2 heterocycles. The molecule has 6 nitrogen and oxygen atoms in total. The number of benzene rings is 2. The van der Waals surface area contributed by atoms with Gasteiger partial charge in [-0.2, -0.15) is 0 Å². The van der Waals surface area contributed by atoms with Crippen LogP contribution in [0, 0.1) is 0 Å². The molecule has 1 unspecified atom stereocenters. The summed E-state index contributed by atoms with van der Waals surface area (Å²) in [5, 5.41) is 15.2. The maximum absolute atomic E-state index is 13.3. The SMILES string of the molecule is CC(=O)C1=C(C)NC(C)=C(C(=O)OCc2ccc(C(=O)O)cc2)C1c1csc2ccccc12. The standard InChI is InChI=1S/C26H23NO5S/c1-14-22(16(3)28)24(20-13-33-21-7-5-4-6-19(20)21)23(15(2)27-14)26(31)32-12-17-8-10-18(11-9-17)25(29)30/h4-11,13,24,27H,12H2,1-3H3,(H,29,30). The van der Waals surface area contributed by atoms with E-state index in [1.165, 1.54) is 19.1 Å². The number of aromatic carboxylic acids is 1. The number of nitrogens with one attached hydrogen (secondary N) is 1. The van der Waals surface area contributed by atoms with Gasteiger partial charge >= 0.3 is 11.9 Å². The van der Waals surface area contributed by atoms with Gasteiger partial charge in [0.1, 0.15) is 6.61 Å². The van der Waals surface area contributed by atoms with Gasteiger partial charge in [0.25, 0.3) is 0 Å². The highest BCUT2D eigenvalue weighted by atomic mass is 32.1. The predicted molar refractivity (Wildman–Crippen MR) is 127 cm³/mol. The number of ketones is 1. The molecule has 0 saturated heterocycles. The Bertz CT molecular complexity index is 1330. The Balaban J connectivity index is 1.70. The summed E-state index contributed by atoms with van der Waals surface area (Å²) in [7, 11) is 0. The highest BCUT2D eigenvalue weighted by molar-refractivity contribution is 7.17. The molecule has 1 aliphatic rings. The fraction of sp³-hybridized carbons (Fsp3) is 0.192. The molecule has 1 aromatic heterocycles. The zero-order valence-electron chi connectivity index (χ0n) is 18.5. The van der Waals surface area contributed by atoms with Crippen LogP contribution in [0.2, 0.25) is 0 Å². The van der Waals surface area contributed by atoms with Crippen molar-refractivity contribution in [2.75, 3.05) is 0 Å². The summed E-state index contributed by atoms with van der Waals surface area (Å²) in [6.07, 6.45) is 0. The van der Waals surface area contributed by atoms with E-state index in [9.17, 15) is 14.4 Å². The van der Waals surface area contributed by atoms with Crippen LogP contribution in [0.3, 0.4) is 0 Å². The van der Waals surface area contributed by atoms with Crippen molar-refractivity contribution in [3.8, 4) is 0 Å². The molecule has 0 amide bonds. The molecule has 0 aliphatic carbocycles. The second-order valence-corrected chi connectivity index (χ2v) is 8.87. The Morgan fingerprint density at radius 2 is 1.67 bits per heavy atom. The number of hydrogen-bond donors (Lipinski definition) is 2. The molecule has 168 valence electrons. The number of carboxylic acid groups (broad SMARTS) is 1. The van der Waals surface area contributed by atoms with Gasteiger partial charge < -0.3 is 15.2 Å². The smallest absolute Gasteiger partial charge is 0.337 e. The number of ether oxygens (including phenoxy) is 1. The second-order valence-electron chi connectivity index (χ2n) is 7.96. The average molecular weight is 462 g/mol. The average Bonchev–Trinajstić information content (AvgIpc) is 3.21. The summed E-state index contributed by atoms with van der Waals surface area (Å²) < 4.78 is 6.71. The lowest BCUT2D eigenvalue weighted by molar-refractivity contribution is -0.140. The molecule has 1 atom stereocenters. The third kappa shape index (κ3) is 4.32. The van der Waals surface area contributed by atoms with Gasteiger partial charge in [-0.15, -0.1) is 11.3 Å². The van der Waals surface area contributed by atoms with Gasteiger partial charge in [0.2, 0.25) is 0 Å². The molecule has 7 heteroatoms. The first kappa shape index (κ1) is 22.5. The number of carbonyl (C=O) groups is 3. The van der Waals surface area contributed by atoms with Crippen molar-refractivity contribution in [3.05, 3.63) is 93.1 Å². The van der Waals surface area contributed by atoms with Crippen molar-refractivity contribution in [2.45, 2.75) is 33.3 Å². The van der Waals surface area contributed by atoms with E-state index in [2.05, 4.69) is 5.32 Å². The maximum atomic E-state index is 13.3. The van der Waals surface area contributed by atoms with Crippen LogP contribution in [0.4, 0.5) is 0 Å². The molecule has 0 radical (unpaired) electrons. The quantitative estimate of drug-likeness (QED) is 0.492. The number of hydrogen-bond acceptors (Lipinski definition) is 6. The van der Waals surface area contributed by atoms with Gasteiger partial charge in [0.15, 0.2) is 5.78 Å². The topological polar surface area (TPSA) is 92.7 Å². The fourth-order valence-electron chi connectivity index (χ4n) is 4.23. The number of Topliss-reactive ketones (excluding diaryl/α,β-unsaturated/α-hetero) is 1. The summed E-state index contributed by atoms with van der Waals surface area (Å²) in [6, 6.07) is 14.1. The molecule has 0 bridgehead atoms. The van der Waals surface area contributed by atoms with Crippen molar-refractivity contribution < 1.29 is 24.2 Å². The van der Waals surface area contributed by atoms with Gasteiger partial charge in [-0.3, -0.25) is 4.79 Å². The molecule has 3 aromatic rings. The number of esters is 1. The van der Waals surface area contributed by atoms with Crippen molar-refractivity contribution in [3.63, 3.8) is 0 Å². The molecular formula is C26H23NO5S. The molecule has 1 aliphatic heterocycles. The van der Waals surface area contributed by atoms with E-state index in [1.54, 1.807) is 30.4 Å². The van der Waals surface area contributed by atoms with E-state index in [1.807, 2.05) is 36.6 Å². The monoisotopic (exact) mass is 461 g/mol. The lowest BCUT2D eigenvalue weighted by atomic mass is 9.79. The van der Waals surface area contributed by atoms with Crippen LogP contribution < -0.4 is 5.32 Å². The summed E-state index contributed by atoms with van der Waals surface area (Å²) in [5.41, 5.74) is 4.05. The maximum Gasteiger partial charge on any atom is 0.337 e. The van der Waals surface area contributed by atoms with Crippen LogP contribution in [0.15, 0.2) is 76.5 Å². The zero-order valence-corrected chi connectivity index (χ0v) is 19.3. The van der Waals surface area contributed by atoms with Gasteiger partial charge in [-0.25, -0.2) is 9.59 Å². The zero-order chi connectivity index (χ0) is 23.7. The van der Waals surface area contributed by atoms with E-state index < -0.39 is 17.9 Å². The Kier molecular flexibility index (Phi) is 6.16. The Morgan fingerprint density at radius 1 is 1.00 bits per heavy atom. The fourth-order valence-corrected chi connectivity index (χ4v) is 5.22. The predicted octanol–water partition coefficient (Wildman–Crippen LogP) is 5.17.